The summed E-state index contributed by atoms with van der Waals surface area (Å²) in [6, 6.07) is 10.5. The van der Waals surface area contributed by atoms with Crippen molar-refractivity contribution in [1.82, 2.24) is 20.0 Å². The molecular weight excluding hydrogens is 262 g/mol. The molecule has 2 aromatic heterocycles. The monoisotopic (exact) mass is 283 g/mol. The van der Waals surface area contributed by atoms with Crippen LogP contribution < -0.4 is 5.73 Å². The van der Waals surface area contributed by atoms with Crippen molar-refractivity contribution in [1.29, 1.82) is 0 Å². The maximum Gasteiger partial charge on any atom is 0.182 e. The Hall–Kier alpha value is -2.30. The Kier molecular flexibility index (Phi) is 3.90. The Balaban J connectivity index is 1.75. The molecule has 3 rings (SSSR count). The zero-order valence-corrected chi connectivity index (χ0v) is 12.3. The van der Waals surface area contributed by atoms with E-state index in [1.807, 2.05) is 10.7 Å². The van der Waals surface area contributed by atoms with Gasteiger partial charge >= 0.3 is 0 Å². The quantitative estimate of drug-likeness (QED) is 0.730. The van der Waals surface area contributed by atoms with Gasteiger partial charge in [-0.15, -0.1) is 0 Å². The molecule has 0 aliphatic heterocycles. The summed E-state index contributed by atoms with van der Waals surface area (Å²) in [4.78, 5) is 0. The summed E-state index contributed by atoms with van der Waals surface area (Å²) in [6.07, 6.45) is 4.08. The zero-order chi connectivity index (χ0) is 14.7. The molecule has 0 aliphatic rings. The van der Waals surface area contributed by atoms with E-state index in [1.165, 1.54) is 5.56 Å². The van der Waals surface area contributed by atoms with Crippen molar-refractivity contribution in [2.75, 3.05) is 5.73 Å². The average Bonchev–Trinajstić information content (AvgIpc) is 3.03. The number of benzene rings is 1. The predicted octanol–water partition coefficient (Wildman–Crippen LogP) is 2.93. The molecular formula is C16H21N5. The second-order valence-corrected chi connectivity index (χ2v) is 5.34. The maximum absolute atomic E-state index is 5.97. The minimum atomic E-state index is 0.628. The number of aromatic nitrogens is 4. The fourth-order valence-electron chi connectivity index (χ4n) is 2.71. The van der Waals surface area contributed by atoms with Gasteiger partial charge in [-0.25, -0.2) is 4.68 Å². The van der Waals surface area contributed by atoms with Gasteiger partial charge in [0.2, 0.25) is 0 Å². The lowest BCUT2D eigenvalue weighted by Gasteiger charge is -2.02. The Morgan fingerprint density at radius 2 is 2.00 bits per heavy atom. The van der Waals surface area contributed by atoms with Gasteiger partial charge in [0.1, 0.15) is 5.82 Å². The smallest absolute Gasteiger partial charge is 0.182 e. The lowest BCUT2D eigenvalue weighted by atomic mass is 10.1. The minimum Gasteiger partial charge on any atom is -0.383 e. The van der Waals surface area contributed by atoms with Crippen LogP contribution in [0.15, 0.2) is 30.3 Å². The molecule has 0 radical (unpaired) electrons. The molecule has 5 nitrogen and oxygen atoms in total. The van der Waals surface area contributed by atoms with E-state index in [0.29, 0.717) is 5.82 Å². The van der Waals surface area contributed by atoms with E-state index >= 15 is 0 Å². The lowest BCUT2D eigenvalue weighted by Crippen LogP contribution is -2.03. The third-order valence-corrected chi connectivity index (χ3v) is 3.71. The number of hydrogen-bond donors (Lipinski definition) is 2. The number of rotatable bonds is 6. The van der Waals surface area contributed by atoms with E-state index in [4.69, 9.17) is 5.73 Å². The van der Waals surface area contributed by atoms with Crippen molar-refractivity contribution in [3.8, 4) is 0 Å². The van der Waals surface area contributed by atoms with Crippen molar-refractivity contribution in [2.45, 2.75) is 39.2 Å². The van der Waals surface area contributed by atoms with E-state index in [-0.39, 0.29) is 0 Å². The molecule has 0 unspecified atom stereocenters. The number of hydrogen-bond acceptors (Lipinski definition) is 3. The topological polar surface area (TPSA) is 72.5 Å². The molecule has 3 aromatic rings. The molecule has 5 heteroatoms. The van der Waals surface area contributed by atoms with Crippen molar-refractivity contribution in [3.63, 3.8) is 0 Å². The van der Waals surface area contributed by atoms with Gasteiger partial charge < -0.3 is 5.73 Å². The number of nitrogens with one attached hydrogen (secondary N) is 1. The molecule has 0 spiro atoms. The fraction of sp³-hybridized carbons (Fsp3) is 0.375. The molecule has 0 aliphatic carbocycles. The Morgan fingerprint density at radius 3 is 2.76 bits per heavy atom. The van der Waals surface area contributed by atoms with E-state index in [0.717, 1.165) is 49.0 Å². The first-order valence-corrected chi connectivity index (χ1v) is 7.52. The average molecular weight is 283 g/mol. The summed E-state index contributed by atoms with van der Waals surface area (Å²) in [5.74, 6) is 0.628. The largest absolute Gasteiger partial charge is 0.383 e. The number of anilines is 1. The van der Waals surface area contributed by atoms with Gasteiger partial charge in [0.25, 0.3) is 0 Å². The van der Waals surface area contributed by atoms with Crippen molar-refractivity contribution in [3.05, 3.63) is 41.6 Å². The number of fused-ring (bicyclic) bond motifs is 1. The van der Waals surface area contributed by atoms with Crippen molar-refractivity contribution >= 4 is 16.9 Å². The SMILES string of the molecule is CCCc1nn(CCCc2ccccc2)c2n[nH]c(N)c12. The lowest BCUT2D eigenvalue weighted by molar-refractivity contribution is 0.581. The third kappa shape index (κ3) is 2.77. The van der Waals surface area contributed by atoms with Crippen LogP contribution >= 0.6 is 0 Å². The summed E-state index contributed by atoms with van der Waals surface area (Å²) in [7, 11) is 0. The van der Waals surface area contributed by atoms with Crippen LogP contribution in [0, 0.1) is 0 Å². The van der Waals surface area contributed by atoms with Crippen LogP contribution in [-0.4, -0.2) is 20.0 Å². The van der Waals surface area contributed by atoms with Gasteiger partial charge in [-0.05, 0) is 24.8 Å². The first-order chi connectivity index (χ1) is 10.3. The summed E-state index contributed by atoms with van der Waals surface area (Å²) < 4.78 is 1.98. The number of nitrogen functional groups attached to an aromatic ring is 1. The van der Waals surface area contributed by atoms with E-state index in [1.54, 1.807) is 0 Å². The highest BCUT2D eigenvalue weighted by molar-refractivity contribution is 5.88. The van der Waals surface area contributed by atoms with Crippen LogP contribution in [0.2, 0.25) is 0 Å². The Bertz CT molecular complexity index is 711. The van der Waals surface area contributed by atoms with E-state index < -0.39 is 0 Å². The Labute approximate surface area is 124 Å². The van der Waals surface area contributed by atoms with Crippen molar-refractivity contribution in [2.24, 2.45) is 0 Å². The van der Waals surface area contributed by atoms with Crippen LogP contribution in [0.4, 0.5) is 5.82 Å². The molecule has 0 bridgehead atoms. The molecule has 2 heterocycles. The van der Waals surface area contributed by atoms with Gasteiger partial charge in [-0.1, -0.05) is 43.7 Å². The summed E-state index contributed by atoms with van der Waals surface area (Å²) in [6.45, 7) is 3.01. The van der Waals surface area contributed by atoms with Crippen molar-refractivity contribution < 1.29 is 0 Å². The summed E-state index contributed by atoms with van der Waals surface area (Å²) in [5, 5.41) is 12.9. The molecule has 0 atom stereocenters. The molecule has 3 N–H and O–H groups in total. The van der Waals surface area contributed by atoms with Gasteiger partial charge in [0.15, 0.2) is 5.65 Å². The van der Waals surface area contributed by atoms with Crippen LogP contribution in [0.25, 0.3) is 11.0 Å². The first kappa shape index (κ1) is 13.7. The fourth-order valence-corrected chi connectivity index (χ4v) is 2.71. The first-order valence-electron chi connectivity index (χ1n) is 7.52. The molecule has 110 valence electrons. The second-order valence-electron chi connectivity index (χ2n) is 5.34. The molecule has 0 fully saturated rings. The maximum atomic E-state index is 5.97. The standard InChI is InChI=1S/C16H21N5/c1-2-7-13-14-15(17)18-19-16(14)21(20-13)11-6-10-12-8-4-3-5-9-12/h3-5,8-9H,2,6-7,10-11H2,1H3,(H3,17,18,19). The van der Waals surface area contributed by atoms with Crippen LogP contribution in [0.3, 0.4) is 0 Å². The van der Waals surface area contributed by atoms with Gasteiger partial charge in [0.05, 0.1) is 11.1 Å². The summed E-state index contributed by atoms with van der Waals surface area (Å²) in [5.41, 5.74) is 9.26. The second kappa shape index (κ2) is 5.99. The molecule has 0 saturated heterocycles. The van der Waals surface area contributed by atoms with Gasteiger partial charge in [-0.2, -0.15) is 10.2 Å². The highest BCUT2D eigenvalue weighted by Crippen LogP contribution is 2.23. The highest BCUT2D eigenvalue weighted by atomic mass is 15.3. The predicted molar refractivity (Wildman–Crippen MR) is 85.0 cm³/mol. The van der Waals surface area contributed by atoms with Crippen LogP contribution in [-0.2, 0) is 19.4 Å². The third-order valence-electron chi connectivity index (χ3n) is 3.71. The molecule has 0 saturated carbocycles. The minimum absolute atomic E-state index is 0.628. The zero-order valence-electron chi connectivity index (χ0n) is 12.3. The normalized spacial score (nSPS) is 11.3. The van der Waals surface area contributed by atoms with E-state index in [9.17, 15) is 0 Å². The number of H-pyrrole nitrogens is 1. The van der Waals surface area contributed by atoms with Gasteiger partial charge in [-0.3, -0.25) is 5.10 Å². The highest BCUT2D eigenvalue weighted by Gasteiger charge is 2.15. The number of nitrogens with zero attached hydrogens (tertiary/aromatic N) is 3. The Morgan fingerprint density at radius 1 is 1.19 bits per heavy atom. The van der Waals surface area contributed by atoms with E-state index in [2.05, 4.69) is 46.5 Å². The van der Waals surface area contributed by atoms with Crippen LogP contribution in [0.5, 0.6) is 0 Å². The van der Waals surface area contributed by atoms with Gasteiger partial charge in [0, 0.05) is 6.54 Å². The summed E-state index contributed by atoms with van der Waals surface area (Å²) >= 11 is 0. The number of aryl methyl sites for hydroxylation is 3. The molecule has 1 aromatic carbocycles. The number of aromatic amines is 1. The molecule has 21 heavy (non-hydrogen) atoms. The molecule has 0 amide bonds. The van der Waals surface area contributed by atoms with Crippen LogP contribution in [0.1, 0.15) is 31.0 Å². The number of nitrogens with two attached hydrogens (primary N) is 1.